The molecule has 1 rings (SSSR count). The average Bonchev–Trinajstić information content (AvgIpc) is 2.18. The molecule has 5 heteroatoms. The van der Waals surface area contributed by atoms with E-state index in [1.54, 1.807) is 12.3 Å². The van der Waals surface area contributed by atoms with E-state index in [1.165, 1.54) is 6.33 Å². The normalized spacial score (nSPS) is 12.5. The first-order chi connectivity index (χ1) is 7.09. The highest BCUT2D eigenvalue weighted by Crippen LogP contribution is 2.05. The molecular formula is C10H16N4O. The lowest BCUT2D eigenvalue weighted by atomic mass is 10.0. The zero-order chi connectivity index (χ0) is 11.3. The van der Waals surface area contributed by atoms with E-state index >= 15 is 0 Å². The average molecular weight is 208 g/mol. The van der Waals surface area contributed by atoms with Crippen LogP contribution >= 0.6 is 0 Å². The van der Waals surface area contributed by atoms with Crippen LogP contribution in [-0.4, -0.2) is 21.9 Å². The Hall–Kier alpha value is -1.49. The van der Waals surface area contributed by atoms with Crippen LogP contribution in [0.5, 0.6) is 0 Å². The standard InChI is InChI=1S/C10H16N4O/c1-7(2)5-8(11)10(15)14-9-3-4-12-6-13-9/h3-4,6-8H,5,11H2,1-2H3,(H,12,13,14,15)/t8-/m1/s1. The monoisotopic (exact) mass is 208 g/mol. The molecule has 0 aliphatic heterocycles. The molecule has 3 N–H and O–H groups in total. The summed E-state index contributed by atoms with van der Waals surface area (Å²) in [4.78, 5) is 19.2. The fourth-order valence-corrected chi connectivity index (χ4v) is 1.20. The second kappa shape index (κ2) is 5.41. The number of anilines is 1. The van der Waals surface area contributed by atoms with Gasteiger partial charge in [-0.3, -0.25) is 4.79 Å². The quantitative estimate of drug-likeness (QED) is 0.766. The fraction of sp³-hybridized carbons (Fsp3) is 0.500. The summed E-state index contributed by atoms with van der Waals surface area (Å²) < 4.78 is 0. The summed E-state index contributed by atoms with van der Waals surface area (Å²) in [5, 5.41) is 2.63. The largest absolute Gasteiger partial charge is 0.320 e. The van der Waals surface area contributed by atoms with Gasteiger partial charge in [-0.15, -0.1) is 0 Å². The number of hydrogen-bond acceptors (Lipinski definition) is 4. The third-order valence-electron chi connectivity index (χ3n) is 1.90. The third kappa shape index (κ3) is 4.03. The van der Waals surface area contributed by atoms with Crippen molar-refractivity contribution in [2.24, 2.45) is 11.7 Å². The first-order valence-electron chi connectivity index (χ1n) is 4.92. The molecule has 0 spiro atoms. The molecule has 0 saturated heterocycles. The van der Waals surface area contributed by atoms with Gasteiger partial charge in [0, 0.05) is 6.20 Å². The summed E-state index contributed by atoms with van der Waals surface area (Å²) in [6.07, 6.45) is 3.61. The molecule has 0 aliphatic carbocycles. The van der Waals surface area contributed by atoms with E-state index in [9.17, 15) is 4.79 Å². The number of amides is 1. The lowest BCUT2D eigenvalue weighted by Crippen LogP contribution is -2.36. The first-order valence-corrected chi connectivity index (χ1v) is 4.92. The summed E-state index contributed by atoms with van der Waals surface area (Å²) in [6, 6.07) is 1.14. The van der Waals surface area contributed by atoms with Crippen molar-refractivity contribution in [3.05, 3.63) is 18.6 Å². The van der Waals surface area contributed by atoms with Gasteiger partial charge in [0.25, 0.3) is 0 Å². The molecule has 82 valence electrons. The molecular weight excluding hydrogens is 192 g/mol. The van der Waals surface area contributed by atoms with Gasteiger partial charge in [0.05, 0.1) is 6.04 Å². The van der Waals surface area contributed by atoms with Crippen molar-refractivity contribution in [1.29, 1.82) is 0 Å². The minimum atomic E-state index is -0.486. The summed E-state index contributed by atoms with van der Waals surface area (Å²) in [6.45, 7) is 4.05. The summed E-state index contributed by atoms with van der Waals surface area (Å²) in [5.74, 6) is 0.674. The highest BCUT2D eigenvalue weighted by Gasteiger charge is 2.15. The highest BCUT2D eigenvalue weighted by atomic mass is 16.2. The van der Waals surface area contributed by atoms with Crippen LogP contribution in [0, 0.1) is 5.92 Å². The minimum Gasteiger partial charge on any atom is -0.320 e. The number of nitrogens with two attached hydrogens (primary N) is 1. The lowest BCUT2D eigenvalue weighted by Gasteiger charge is -2.13. The minimum absolute atomic E-state index is 0.206. The Morgan fingerprint density at radius 3 is 2.87 bits per heavy atom. The molecule has 0 aromatic carbocycles. The lowest BCUT2D eigenvalue weighted by molar-refractivity contribution is -0.117. The van der Waals surface area contributed by atoms with Crippen LogP contribution in [0.3, 0.4) is 0 Å². The Labute approximate surface area is 89.1 Å². The zero-order valence-corrected chi connectivity index (χ0v) is 8.97. The zero-order valence-electron chi connectivity index (χ0n) is 8.97. The van der Waals surface area contributed by atoms with Crippen LogP contribution in [0.25, 0.3) is 0 Å². The van der Waals surface area contributed by atoms with Gasteiger partial charge in [-0.25, -0.2) is 9.97 Å². The molecule has 0 fully saturated rings. The van der Waals surface area contributed by atoms with Crippen molar-refractivity contribution in [2.75, 3.05) is 5.32 Å². The molecule has 0 saturated carbocycles. The van der Waals surface area contributed by atoms with Gasteiger partial charge in [-0.05, 0) is 18.4 Å². The fourth-order valence-electron chi connectivity index (χ4n) is 1.20. The maximum Gasteiger partial charge on any atom is 0.242 e. The van der Waals surface area contributed by atoms with Crippen molar-refractivity contribution < 1.29 is 4.79 Å². The Balaban J connectivity index is 2.49. The predicted molar refractivity (Wildman–Crippen MR) is 58.1 cm³/mol. The van der Waals surface area contributed by atoms with Crippen LogP contribution in [0.4, 0.5) is 5.82 Å². The topological polar surface area (TPSA) is 80.9 Å². The highest BCUT2D eigenvalue weighted by molar-refractivity contribution is 5.93. The van der Waals surface area contributed by atoms with Crippen LogP contribution in [0.2, 0.25) is 0 Å². The summed E-state index contributed by atoms with van der Waals surface area (Å²) >= 11 is 0. The van der Waals surface area contributed by atoms with Crippen LogP contribution in [0.1, 0.15) is 20.3 Å². The Bertz CT molecular complexity index is 312. The van der Waals surface area contributed by atoms with Gasteiger partial charge in [-0.2, -0.15) is 0 Å². The van der Waals surface area contributed by atoms with Gasteiger partial charge >= 0.3 is 0 Å². The third-order valence-corrected chi connectivity index (χ3v) is 1.90. The maximum atomic E-state index is 11.6. The number of carbonyl (C=O) groups excluding carboxylic acids is 1. The molecule has 0 unspecified atom stereocenters. The summed E-state index contributed by atoms with van der Waals surface area (Å²) in [5.41, 5.74) is 5.71. The molecule has 15 heavy (non-hydrogen) atoms. The number of nitrogens with zero attached hydrogens (tertiary/aromatic N) is 2. The van der Waals surface area contributed by atoms with Crippen molar-refractivity contribution >= 4 is 11.7 Å². The van der Waals surface area contributed by atoms with Crippen LogP contribution in [-0.2, 0) is 4.79 Å². The molecule has 0 radical (unpaired) electrons. The molecule has 1 aromatic heterocycles. The van der Waals surface area contributed by atoms with E-state index in [2.05, 4.69) is 15.3 Å². The number of aromatic nitrogens is 2. The molecule has 1 aromatic rings. The first kappa shape index (κ1) is 11.6. The van der Waals surface area contributed by atoms with Crippen LogP contribution in [0.15, 0.2) is 18.6 Å². The van der Waals surface area contributed by atoms with E-state index < -0.39 is 6.04 Å². The van der Waals surface area contributed by atoms with Crippen molar-refractivity contribution in [1.82, 2.24) is 9.97 Å². The van der Waals surface area contributed by atoms with E-state index in [4.69, 9.17) is 5.73 Å². The second-order valence-electron chi connectivity index (χ2n) is 3.82. The van der Waals surface area contributed by atoms with Gasteiger partial charge in [0.15, 0.2) is 0 Å². The van der Waals surface area contributed by atoms with Crippen LogP contribution < -0.4 is 11.1 Å². The smallest absolute Gasteiger partial charge is 0.242 e. The van der Waals surface area contributed by atoms with Gasteiger partial charge in [-0.1, -0.05) is 13.8 Å². The van der Waals surface area contributed by atoms with Crippen molar-refractivity contribution in [2.45, 2.75) is 26.3 Å². The molecule has 1 atom stereocenters. The SMILES string of the molecule is CC(C)C[C@@H](N)C(=O)Nc1ccncn1. The van der Waals surface area contributed by atoms with E-state index in [-0.39, 0.29) is 5.91 Å². The van der Waals surface area contributed by atoms with Crippen molar-refractivity contribution in [3.63, 3.8) is 0 Å². The Morgan fingerprint density at radius 1 is 1.60 bits per heavy atom. The van der Waals surface area contributed by atoms with Crippen molar-refractivity contribution in [3.8, 4) is 0 Å². The van der Waals surface area contributed by atoms with Gasteiger partial charge in [0.1, 0.15) is 12.1 Å². The molecule has 1 heterocycles. The second-order valence-corrected chi connectivity index (χ2v) is 3.82. The number of hydrogen-bond donors (Lipinski definition) is 2. The Kier molecular flexibility index (Phi) is 4.17. The number of nitrogens with one attached hydrogen (secondary N) is 1. The van der Waals surface area contributed by atoms with Gasteiger partial charge < -0.3 is 11.1 Å². The summed E-state index contributed by atoms with van der Waals surface area (Å²) in [7, 11) is 0. The number of rotatable bonds is 4. The molecule has 1 amide bonds. The van der Waals surface area contributed by atoms with E-state index in [0.29, 0.717) is 18.2 Å². The van der Waals surface area contributed by atoms with E-state index in [1.807, 2.05) is 13.8 Å². The maximum absolute atomic E-state index is 11.6. The molecule has 0 bridgehead atoms. The van der Waals surface area contributed by atoms with E-state index in [0.717, 1.165) is 0 Å². The molecule has 5 nitrogen and oxygen atoms in total. The van der Waals surface area contributed by atoms with Gasteiger partial charge in [0.2, 0.25) is 5.91 Å². The number of carbonyl (C=O) groups is 1. The molecule has 0 aliphatic rings. The predicted octanol–water partition coefficient (Wildman–Crippen LogP) is 0.788. The Morgan fingerprint density at radius 2 is 2.33 bits per heavy atom.